The molecule has 1 atom stereocenters. The topological polar surface area (TPSA) is 63.6 Å². The average Bonchev–Trinajstić information content (AvgIpc) is 2.13. The fraction of sp³-hybridized carbons (Fsp3) is 1.00. The van der Waals surface area contributed by atoms with Crippen LogP contribution in [0.4, 0.5) is 0 Å². The van der Waals surface area contributed by atoms with Gasteiger partial charge in [0.2, 0.25) is 0 Å². The maximum absolute atomic E-state index is 10.5. The maximum Gasteiger partial charge on any atom is 0.264 e. The van der Waals surface area contributed by atoms with Gasteiger partial charge in [0.05, 0.1) is 12.4 Å². The van der Waals surface area contributed by atoms with Gasteiger partial charge >= 0.3 is 0 Å². The maximum atomic E-state index is 10.5. The molecule has 0 aliphatic rings. The van der Waals surface area contributed by atoms with Crippen LogP contribution in [0.3, 0.4) is 0 Å². The summed E-state index contributed by atoms with van der Waals surface area (Å²) in [7, 11) is -3.92. The quantitative estimate of drug-likeness (QED) is 0.404. The summed E-state index contributed by atoms with van der Waals surface area (Å²) in [4.78, 5) is 0. The van der Waals surface area contributed by atoms with Crippen LogP contribution in [0.2, 0.25) is 0 Å². The fourth-order valence-corrected chi connectivity index (χ4v) is 6.29. The summed E-state index contributed by atoms with van der Waals surface area (Å²) in [5.74, 6) is -0.218. The number of hydrogen-bond donors (Lipinski definition) is 1. The van der Waals surface area contributed by atoms with E-state index in [1.54, 1.807) is 0 Å². The third-order valence-electron chi connectivity index (χ3n) is 2.75. The Hall–Kier alpha value is 0.300. The molecule has 0 aliphatic carbocycles. The van der Waals surface area contributed by atoms with Crippen LogP contribution in [0, 0.1) is 0 Å². The minimum absolute atomic E-state index is 0.0760. The molecule has 110 valence electrons. The smallest absolute Gasteiger partial charge is 0.264 e. The van der Waals surface area contributed by atoms with Crippen molar-refractivity contribution >= 4 is 18.0 Å². The van der Waals surface area contributed by atoms with Crippen LogP contribution in [-0.2, 0) is 14.9 Å². The van der Waals surface area contributed by atoms with Crippen molar-refractivity contribution in [1.29, 1.82) is 0 Å². The highest BCUT2D eigenvalue weighted by Gasteiger charge is 2.23. The highest BCUT2D eigenvalue weighted by atomic mass is 32.2. The molecule has 0 aromatic rings. The first-order chi connectivity index (χ1) is 8.15. The van der Waals surface area contributed by atoms with Gasteiger partial charge in [-0.3, -0.25) is 4.55 Å². The first kappa shape index (κ1) is 18.3. The summed E-state index contributed by atoms with van der Waals surface area (Å²) in [6.45, 7) is 12.3. The van der Waals surface area contributed by atoms with Crippen molar-refractivity contribution in [3.05, 3.63) is 0 Å². The third-order valence-corrected chi connectivity index (χ3v) is 7.11. The summed E-state index contributed by atoms with van der Waals surface area (Å²) in [5.41, 5.74) is 1.87. The fourth-order valence-electron chi connectivity index (χ4n) is 2.30. The molecule has 6 heteroatoms. The van der Waals surface area contributed by atoms with Gasteiger partial charge in [-0.25, -0.2) is 0 Å². The molecule has 0 saturated carbocycles. The lowest BCUT2D eigenvalue weighted by molar-refractivity contribution is 0.137. The molecule has 0 fully saturated rings. The van der Waals surface area contributed by atoms with Gasteiger partial charge < -0.3 is 4.74 Å². The molecule has 0 rings (SSSR count). The lowest BCUT2D eigenvalue weighted by Crippen LogP contribution is -2.20. The molecule has 1 unspecified atom stereocenters. The van der Waals surface area contributed by atoms with E-state index in [-0.39, 0.29) is 13.7 Å². The number of rotatable bonds is 9. The van der Waals surface area contributed by atoms with Crippen molar-refractivity contribution in [2.75, 3.05) is 19.0 Å². The molecule has 0 bridgehead atoms. The molecule has 0 radical (unpaired) electrons. The lowest BCUT2D eigenvalue weighted by Gasteiger charge is -2.31. The van der Waals surface area contributed by atoms with Gasteiger partial charge in [-0.05, 0) is 17.7 Å². The van der Waals surface area contributed by atoms with E-state index in [9.17, 15) is 8.42 Å². The van der Waals surface area contributed by atoms with E-state index in [1.165, 1.54) is 0 Å². The predicted molar refractivity (Wildman–Crippen MR) is 78.5 cm³/mol. The zero-order chi connectivity index (χ0) is 14.3. The van der Waals surface area contributed by atoms with Crippen molar-refractivity contribution in [2.24, 2.45) is 0 Å². The van der Waals surface area contributed by atoms with E-state index < -0.39 is 10.1 Å². The summed E-state index contributed by atoms with van der Waals surface area (Å²) in [6.07, 6.45) is 0.354. The lowest BCUT2D eigenvalue weighted by atomic mass is 10.5. The second kappa shape index (κ2) is 8.47. The van der Waals surface area contributed by atoms with Gasteiger partial charge in [0.1, 0.15) is 0 Å². The van der Waals surface area contributed by atoms with Crippen molar-refractivity contribution in [3.8, 4) is 0 Å². The Labute approximate surface area is 113 Å². The summed E-state index contributed by atoms with van der Waals surface area (Å²) < 4.78 is 35.1. The highest BCUT2D eigenvalue weighted by Crippen LogP contribution is 2.50. The predicted octanol–water partition coefficient (Wildman–Crippen LogP) is 2.97. The molecule has 0 amide bonds. The molecule has 0 aromatic carbocycles. The molecule has 0 aliphatic heterocycles. The Morgan fingerprint density at radius 3 is 2.00 bits per heavy atom. The van der Waals surface area contributed by atoms with Gasteiger partial charge in [0.25, 0.3) is 10.1 Å². The molecule has 4 nitrogen and oxygen atoms in total. The van der Waals surface area contributed by atoms with Gasteiger partial charge in [-0.15, -0.1) is 0 Å². The number of hydrogen-bond acceptors (Lipinski definition) is 3. The van der Waals surface area contributed by atoms with E-state index in [2.05, 4.69) is 34.6 Å². The van der Waals surface area contributed by atoms with E-state index in [0.29, 0.717) is 36.6 Å². The van der Waals surface area contributed by atoms with E-state index in [0.717, 1.165) is 0 Å². The first-order valence-corrected chi connectivity index (χ1v) is 9.61. The third kappa shape index (κ3) is 8.41. The minimum atomic E-state index is -3.84. The number of ether oxygens (including phenoxy) is 1. The van der Waals surface area contributed by atoms with Crippen LogP contribution in [0.1, 0.15) is 41.0 Å². The minimum Gasteiger partial charge on any atom is -0.381 e. The Kier molecular flexibility index (Phi) is 8.61. The van der Waals surface area contributed by atoms with E-state index in [4.69, 9.17) is 9.29 Å². The monoisotopic (exact) mass is 298 g/mol. The van der Waals surface area contributed by atoms with Crippen molar-refractivity contribution in [1.82, 2.24) is 0 Å². The molecule has 0 heterocycles. The molecule has 18 heavy (non-hydrogen) atoms. The SMILES string of the molecule is CC(C)P(C(C)C)C(C)COCCCS(=O)(=O)O. The molecule has 0 saturated heterocycles. The Morgan fingerprint density at radius 2 is 1.61 bits per heavy atom. The summed E-state index contributed by atoms with van der Waals surface area (Å²) >= 11 is 0. The van der Waals surface area contributed by atoms with Gasteiger partial charge in [-0.1, -0.05) is 42.5 Å². The first-order valence-electron chi connectivity index (χ1n) is 6.45. The van der Waals surface area contributed by atoms with Gasteiger partial charge in [0.15, 0.2) is 0 Å². The molecular weight excluding hydrogens is 271 g/mol. The molecule has 0 spiro atoms. The highest BCUT2D eigenvalue weighted by molar-refractivity contribution is 7.85. The van der Waals surface area contributed by atoms with Gasteiger partial charge in [0, 0.05) is 12.3 Å². The Balaban J connectivity index is 3.92. The van der Waals surface area contributed by atoms with Crippen LogP contribution in [0.25, 0.3) is 0 Å². The van der Waals surface area contributed by atoms with Crippen LogP contribution in [-0.4, -0.2) is 48.9 Å². The molecular formula is C12H27O4PS. The van der Waals surface area contributed by atoms with Crippen LogP contribution >= 0.6 is 7.92 Å². The van der Waals surface area contributed by atoms with Crippen molar-refractivity contribution < 1.29 is 17.7 Å². The van der Waals surface area contributed by atoms with Crippen LogP contribution < -0.4 is 0 Å². The second-order valence-electron chi connectivity index (χ2n) is 5.20. The molecule has 0 aromatic heterocycles. The van der Waals surface area contributed by atoms with Crippen molar-refractivity contribution in [3.63, 3.8) is 0 Å². The summed E-state index contributed by atoms with van der Waals surface area (Å²) in [5, 5.41) is 0. The average molecular weight is 298 g/mol. The Bertz CT molecular complexity index is 306. The Morgan fingerprint density at radius 1 is 1.11 bits per heavy atom. The zero-order valence-electron chi connectivity index (χ0n) is 12.1. The largest absolute Gasteiger partial charge is 0.381 e. The van der Waals surface area contributed by atoms with Crippen LogP contribution in [0.15, 0.2) is 0 Å². The standard InChI is InChI=1S/C12H27O4PS/c1-10(2)17(11(3)4)12(5)9-16-7-6-8-18(13,14)15/h10-12H,6-9H2,1-5H3,(H,13,14,15). The van der Waals surface area contributed by atoms with Crippen LogP contribution in [0.5, 0.6) is 0 Å². The van der Waals surface area contributed by atoms with Gasteiger partial charge in [-0.2, -0.15) is 8.42 Å². The van der Waals surface area contributed by atoms with E-state index in [1.807, 2.05) is 0 Å². The normalized spacial score (nSPS) is 14.7. The summed E-state index contributed by atoms with van der Waals surface area (Å²) in [6, 6.07) is 0. The second-order valence-corrected chi connectivity index (χ2v) is 10.6. The van der Waals surface area contributed by atoms with Crippen molar-refractivity contribution in [2.45, 2.75) is 58.0 Å². The zero-order valence-corrected chi connectivity index (χ0v) is 13.8. The van der Waals surface area contributed by atoms with E-state index >= 15 is 0 Å². The molecule has 1 N–H and O–H groups in total.